The number of hydrogen-bond acceptors (Lipinski definition) is 3. The van der Waals surface area contributed by atoms with E-state index in [4.69, 9.17) is 4.52 Å². The van der Waals surface area contributed by atoms with E-state index in [1.807, 2.05) is 0 Å². The van der Waals surface area contributed by atoms with Crippen molar-refractivity contribution in [1.29, 1.82) is 0 Å². The average Bonchev–Trinajstić information content (AvgIpc) is 2.73. The predicted molar refractivity (Wildman–Crippen MR) is 73.4 cm³/mol. The second-order valence-corrected chi connectivity index (χ2v) is 5.38. The summed E-state index contributed by atoms with van der Waals surface area (Å²) in [5.74, 6) is 0.919. The zero-order valence-electron chi connectivity index (χ0n) is 11.5. The summed E-state index contributed by atoms with van der Waals surface area (Å²) in [5.41, 5.74) is 6.00. The Balaban J connectivity index is 2.24. The van der Waals surface area contributed by atoms with E-state index in [-0.39, 0.29) is 5.78 Å². The van der Waals surface area contributed by atoms with E-state index in [0.717, 1.165) is 41.0 Å². The average molecular weight is 255 g/mol. The first-order valence-corrected chi connectivity index (χ1v) is 6.68. The monoisotopic (exact) mass is 255 g/mol. The smallest absolute Gasteiger partial charge is 0.168 e. The van der Waals surface area contributed by atoms with E-state index in [0.29, 0.717) is 12.0 Å². The number of aryl methyl sites for hydroxylation is 4. The first kappa shape index (κ1) is 12.2. The molecule has 3 rings (SSSR count). The first-order valence-electron chi connectivity index (χ1n) is 6.68. The summed E-state index contributed by atoms with van der Waals surface area (Å²) in [6.07, 6.45) is 2.29. The topological polar surface area (TPSA) is 43.1 Å². The highest BCUT2D eigenvalue weighted by molar-refractivity contribution is 6.03. The number of carbonyl (C=O) groups is 1. The van der Waals surface area contributed by atoms with Gasteiger partial charge in [-0.1, -0.05) is 22.9 Å². The van der Waals surface area contributed by atoms with E-state index in [9.17, 15) is 4.79 Å². The van der Waals surface area contributed by atoms with Gasteiger partial charge in [-0.15, -0.1) is 0 Å². The molecular weight excluding hydrogens is 238 g/mol. The number of nitrogens with zero attached hydrogens (tertiary/aromatic N) is 1. The van der Waals surface area contributed by atoms with Crippen LogP contribution in [0, 0.1) is 20.8 Å². The molecule has 1 aliphatic rings. The lowest BCUT2D eigenvalue weighted by molar-refractivity contribution is 0.0969. The van der Waals surface area contributed by atoms with Crippen molar-refractivity contribution >= 4 is 5.78 Å². The Hall–Kier alpha value is -1.90. The van der Waals surface area contributed by atoms with Crippen molar-refractivity contribution in [2.24, 2.45) is 0 Å². The van der Waals surface area contributed by atoms with Crippen LogP contribution in [0.3, 0.4) is 0 Å². The standard InChI is InChI=1S/C16H17NO2/c1-9-7-10(2)14(11(3)8-9)16-15-12(18)5-4-6-13(15)19-17-16/h7-8H,4-6H2,1-3H3. The molecule has 0 saturated carbocycles. The van der Waals surface area contributed by atoms with Gasteiger partial charge in [0.1, 0.15) is 11.5 Å². The molecule has 0 N–H and O–H groups in total. The van der Waals surface area contributed by atoms with Crippen LogP contribution in [0.4, 0.5) is 0 Å². The number of Topliss-reactive ketones (excluding diaryl/α,β-unsaturated/α-hetero) is 1. The molecule has 0 amide bonds. The molecular formula is C16H17NO2. The van der Waals surface area contributed by atoms with Crippen LogP contribution in [0.2, 0.25) is 0 Å². The number of benzene rings is 1. The van der Waals surface area contributed by atoms with Gasteiger partial charge in [0.05, 0.1) is 5.56 Å². The Kier molecular flexibility index (Phi) is 2.77. The Labute approximate surface area is 112 Å². The zero-order valence-corrected chi connectivity index (χ0v) is 11.5. The number of aromatic nitrogens is 1. The third-order valence-corrected chi connectivity index (χ3v) is 3.76. The second-order valence-electron chi connectivity index (χ2n) is 5.38. The Bertz CT molecular complexity index is 644. The van der Waals surface area contributed by atoms with Gasteiger partial charge in [-0.25, -0.2) is 0 Å². The van der Waals surface area contributed by atoms with Gasteiger partial charge in [0.2, 0.25) is 0 Å². The van der Waals surface area contributed by atoms with Crippen LogP contribution in [0.5, 0.6) is 0 Å². The summed E-state index contributed by atoms with van der Waals surface area (Å²) in [4.78, 5) is 12.1. The minimum atomic E-state index is 0.164. The lowest BCUT2D eigenvalue weighted by Gasteiger charge is -2.12. The predicted octanol–water partition coefficient (Wildman–Crippen LogP) is 3.79. The fraction of sp³-hybridized carbons (Fsp3) is 0.375. The van der Waals surface area contributed by atoms with Crippen molar-refractivity contribution in [2.45, 2.75) is 40.0 Å². The quantitative estimate of drug-likeness (QED) is 0.778. The van der Waals surface area contributed by atoms with Crippen LogP contribution >= 0.6 is 0 Å². The number of carbonyl (C=O) groups excluding carboxylic acids is 1. The number of fused-ring (bicyclic) bond motifs is 1. The lowest BCUT2D eigenvalue weighted by atomic mass is 9.89. The number of rotatable bonds is 1. The molecule has 1 aromatic heterocycles. The van der Waals surface area contributed by atoms with E-state index in [1.54, 1.807) is 0 Å². The minimum Gasteiger partial charge on any atom is -0.360 e. The maximum absolute atomic E-state index is 12.1. The Morgan fingerprint density at radius 3 is 2.42 bits per heavy atom. The molecule has 0 atom stereocenters. The molecule has 0 radical (unpaired) electrons. The maximum atomic E-state index is 12.1. The Morgan fingerprint density at radius 2 is 1.74 bits per heavy atom. The molecule has 0 saturated heterocycles. The fourth-order valence-corrected chi connectivity index (χ4v) is 3.04. The molecule has 3 nitrogen and oxygen atoms in total. The molecule has 1 aliphatic carbocycles. The van der Waals surface area contributed by atoms with Gasteiger partial charge in [-0.2, -0.15) is 0 Å². The van der Waals surface area contributed by atoms with Crippen LogP contribution < -0.4 is 0 Å². The molecule has 2 aromatic rings. The van der Waals surface area contributed by atoms with Crippen molar-refractivity contribution in [1.82, 2.24) is 5.16 Å². The molecule has 3 heteroatoms. The van der Waals surface area contributed by atoms with E-state index in [2.05, 4.69) is 38.1 Å². The van der Waals surface area contributed by atoms with Crippen LogP contribution in [0.15, 0.2) is 16.7 Å². The molecule has 0 aliphatic heterocycles. The van der Waals surface area contributed by atoms with Crippen molar-refractivity contribution in [3.05, 3.63) is 40.1 Å². The van der Waals surface area contributed by atoms with E-state index in [1.165, 1.54) is 5.56 Å². The third kappa shape index (κ3) is 1.89. The molecule has 0 bridgehead atoms. The highest BCUT2D eigenvalue weighted by Crippen LogP contribution is 2.35. The molecule has 0 unspecified atom stereocenters. The van der Waals surface area contributed by atoms with Crippen molar-refractivity contribution in [3.8, 4) is 11.3 Å². The van der Waals surface area contributed by atoms with E-state index >= 15 is 0 Å². The van der Waals surface area contributed by atoms with Crippen LogP contribution in [0.1, 0.15) is 45.7 Å². The first-order chi connectivity index (χ1) is 9.08. The lowest BCUT2D eigenvalue weighted by Crippen LogP contribution is -2.09. The third-order valence-electron chi connectivity index (χ3n) is 3.76. The Morgan fingerprint density at radius 1 is 1.05 bits per heavy atom. The van der Waals surface area contributed by atoms with Crippen LogP contribution in [0.25, 0.3) is 11.3 Å². The second kappa shape index (κ2) is 4.34. The summed E-state index contributed by atoms with van der Waals surface area (Å²) >= 11 is 0. The summed E-state index contributed by atoms with van der Waals surface area (Å²) in [7, 11) is 0. The maximum Gasteiger partial charge on any atom is 0.168 e. The van der Waals surface area contributed by atoms with Crippen molar-refractivity contribution in [2.75, 3.05) is 0 Å². The fourth-order valence-electron chi connectivity index (χ4n) is 3.04. The van der Waals surface area contributed by atoms with Gasteiger partial charge >= 0.3 is 0 Å². The van der Waals surface area contributed by atoms with Crippen LogP contribution in [-0.2, 0) is 6.42 Å². The minimum absolute atomic E-state index is 0.164. The van der Waals surface area contributed by atoms with Gasteiger partial charge < -0.3 is 4.52 Å². The highest BCUT2D eigenvalue weighted by atomic mass is 16.5. The molecule has 19 heavy (non-hydrogen) atoms. The van der Waals surface area contributed by atoms with E-state index < -0.39 is 0 Å². The van der Waals surface area contributed by atoms with Gasteiger partial charge in [0.15, 0.2) is 5.78 Å². The normalized spacial score (nSPS) is 14.6. The summed E-state index contributed by atoms with van der Waals surface area (Å²) in [6, 6.07) is 4.24. The largest absolute Gasteiger partial charge is 0.360 e. The summed E-state index contributed by atoms with van der Waals surface area (Å²) < 4.78 is 5.38. The van der Waals surface area contributed by atoms with Gasteiger partial charge in [0, 0.05) is 18.4 Å². The summed E-state index contributed by atoms with van der Waals surface area (Å²) in [5, 5.41) is 4.17. The SMILES string of the molecule is Cc1cc(C)c(-c2noc3c2C(=O)CCC3)c(C)c1. The number of hydrogen-bond donors (Lipinski definition) is 0. The molecule has 0 fully saturated rings. The molecule has 1 aromatic carbocycles. The summed E-state index contributed by atoms with van der Waals surface area (Å²) in [6.45, 7) is 6.20. The molecule has 1 heterocycles. The molecule has 98 valence electrons. The van der Waals surface area contributed by atoms with Gasteiger partial charge in [-0.05, 0) is 38.3 Å². The van der Waals surface area contributed by atoms with Crippen molar-refractivity contribution < 1.29 is 9.32 Å². The zero-order chi connectivity index (χ0) is 13.6. The van der Waals surface area contributed by atoms with Gasteiger partial charge in [0.25, 0.3) is 0 Å². The highest BCUT2D eigenvalue weighted by Gasteiger charge is 2.28. The van der Waals surface area contributed by atoms with Gasteiger partial charge in [-0.3, -0.25) is 4.79 Å². The van der Waals surface area contributed by atoms with Crippen LogP contribution in [-0.4, -0.2) is 10.9 Å². The number of ketones is 1. The van der Waals surface area contributed by atoms with Crippen molar-refractivity contribution in [3.63, 3.8) is 0 Å². The molecule has 0 spiro atoms.